The molecule has 0 bridgehead atoms. The molecule has 0 atom stereocenters. The fourth-order valence-electron chi connectivity index (χ4n) is 1.57. The number of benzene rings is 1. The molecular weight excluding hydrogens is 251 g/mol. The highest BCUT2D eigenvalue weighted by Gasteiger charge is 2.17. The Bertz CT molecular complexity index is 617. The number of nitrogens with zero attached hydrogens (tertiary/aromatic N) is 2. The summed E-state index contributed by atoms with van der Waals surface area (Å²) < 4.78 is 23.2. The van der Waals surface area contributed by atoms with Gasteiger partial charge in [-0.3, -0.25) is 4.79 Å². The molecule has 0 aliphatic rings. The van der Waals surface area contributed by atoms with E-state index in [0.29, 0.717) is 0 Å². The van der Waals surface area contributed by atoms with Crippen LogP contribution in [0.2, 0.25) is 0 Å². The van der Waals surface area contributed by atoms with E-state index in [4.69, 9.17) is 9.47 Å². The summed E-state index contributed by atoms with van der Waals surface area (Å²) in [6, 6.07) is 5.10. The van der Waals surface area contributed by atoms with Gasteiger partial charge in [-0.25, -0.2) is 14.4 Å². The smallest absolute Gasteiger partial charge is 0.216 e. The zero-order chi connectivity index (χ0) is 13.8. The number of aromatic nitrogens is 2. The van der Waals surface area contributed by atoms with Gasteiger partial charge in [0.15, 0.2) is 0 Å². The molecule has 0 saturated heterocycles. The van der Waals surface area contributed by atoms with E-state index in [0.717, 1.165) is 6.07 Å². The summed E-state index contributed by atoms with van der Waals surface area (Å²) in [7, 11) is 2.84. The molecule has 2 rings (SSSR count). The van der Waals surface area contributed by atoms with Crippen molar-refractivity contribution >= 4 is 5.78 Å². The van der Waals surface area contributed by atoms with Crippen LogP contribution in [0.15, 0.2) is 30.6 Å². The molecule has 0 aliphatic heterocycles. The predicted molar refractivity (Wildman–Crippen MR) is 65.0 cm³/mol. The molecule has 1 heterocycles. The Balaban J connectivity index is 2.46. The summed E-state index contributed by atoms with van der Waals surface area (Å²) >= 11 is 0. The minimum atomic E-state index is -0.523. The molecule has 1 aromatic carbocycles. The van der Waals surface area contributed by atoms with Crippen molar-refractivity contribution in [1.82, 2.24) is 9.97 Å². The lowest BCUT2D eigenvalue weighted by molar-refractivity contribution is 0.103. The van der Waals surface area contributed by atoms with Gasteiger partial charge in [0.05, 0.1) is 19.8 Å². The molecule has 0 unspecified atom stereocenters. The zero-order valence-electron chi connectivity index (χ0n) is 10.4. The fraction of sp³-hybridized carbons (Fsp3) is 0.154. The highest BCUT2D eigenvalue weighted by Crippen LogP contribution is 2.22. The predicted octanol–water partition coefficient (Wildman–Crippen LogP) is 1.86. The molecule has 0 aliphatic carbocycles. The van der Waals surface area contributed by atoms with Crippen molar-refractivity contribution in [3.63, 3.8) is 0 Å². The number of hydrogen-bond donors (Lipinski definition) is 0. The summed E-state index contributed by atoms with van der Waals surface area (Å²) in [5, 5.41) is 0. The number of rotatable bonds is 4. The second kappa shape index (κ2) is 5.43. The number of carbonyl (C=O) groups is 1. The number of halogens is 1. The van der Waals surface area contributed by atoms with E-state index in [1.807, 2.05) is 0 Å². The highest BCUT2D eigenvalue weighted by atomic mass is 19.1. The van der Waals surface area contributed by atoms with E-state index in [9.17, 15) is 9.18 Å². The van der Waals surface area contributed by atoms with Gasteiger partial charge in [-0.2, -0.15) is 0 Å². The van der Waals surface area contributed by atoms with E-state index in [-0.39, 0.29) is 22.9 Å². The standard InChI is InChI=1S/C13H11FN2O3/c1-18-11-4-3-8(14)5-9(11)13(17)10-6-12(19-2)16-7-15-10/h3-7H,1-2H3. The van der Waals surface area contributed by atoms with Crippen LogP contribution < -0.4 is 9.47 Å². The molecule has 0 amide bonds. The Hall–Kier alpha value is -2.50. The van der Waals surface area contributed by atoms with Gasteiger partial charge < -0.3 is 9.47 Å². The highest BCUT2D eigenvalue weighted by molar-refractivity contribution is 6.09. The molecule has 0 spiro atoms. The van der Waals surface area contributed by atoms with Crippen molar-refractivity contribution in [2.75, 3.05) is 14.2 Å². The van der Waals surface area contributed by atoms with Crippen LogP contribution in [-0.4, -0.2) is 30.0 Å². The molecule has 6 heteroatoms. The van der Waals surface area contributed by atoms with E-state index >= 15 is 0 Å². The molecule has 5 nitrogen and oxygen atoms in total. The van der Waals surface area contributed by atoms with Gasteiger partial charge in [0.25, 0.3) is 0 Å². The fourth-order valence-corrected chi connectivity index (χ4v) is 1.57. The molecule has 2 aromatic rings. The van der Waals surface area contributed by atoms with Crippen LogP contribution in [0.1, 0.15) is 16.1 Å². The van der Waals surface area contributed by atoms with Crippen LogP contribution in [0.4, 0.5) is 4.39 Å². The van der Waals surface area contributed by atoms with Crippen molar-refractivity contribution < 1.29 is 18.7 Å². The van der Waals surface area contributed by atoms with Gasteiger partial charge in [-0.05, 0) is 18.2 Å². The molecule has 0 N–H and O–H groups in total. The van der Waals surface area contributed by atoms with Gasteiger partial charge in [0, 0.05) is 6.07 Å². The van der Waals surface area contributed by atoms with Crippen LogP contribution in [0, 0.1) is 5.82 Å². The minimum absolute atomic E-state index is 0.100. The first kappa shape index (κ1) is 12.9. The monoisotopic (exact) mass is 262 g/mol. The third kappa shape index (κ3) is 2.67. The third-order valence-corrected chi connectivity index (χ3v) is 2.49. The van der Waals surface area contributed by atoms with Gasteiger partial charge in [0.2, 0.25) is 11.7 Å². The van der Waals surface area contributed by atoms with Crippen molar-refractivity contribution in [2.45, 2.75) is 0 Å². The Kier molecular flexibility index (Phi) is 3.70. The van der Waals surface area contributed by atoms with E-state index < -0.39 is 11.6 Å². The van der Waals surface area contributed by atoms with Crippen LogP contribution in [0.5, 0.6) is 11.6 Å². The summed E-state index contributed by atoms with van der Waals surface area (Å²) in [5.41, 5.74) is 0.207. The lowest BCUT2D eigenvalue weighted by Gasteiger charge is -2.07. The normalized spacial score (nSPS) is 10.1. The average Bonchev–Trinajstić information content (AvgIpc) is 2.46. The Morgan fingerprint density at radius 3 is 2.63 bits per heavy atom. The molecule has 0 fully saturated rings. The van der Waals surface area contributed by atoms with Crippen LogP contribution in [-0.2, 0) is 0 Å². The number of carbonyl (C=O) groups excluding carboxylic acids is 1. The maximum Gasteiger partial charge on any atom is 0.216 e. The molecular formula is C13H11FN2O3. The van der Waals surface area contributed by atoms with Crippen molar-refractivity contribution in [3.05, 3.63) is 47.7 Å². The summed E-state index contributed by atoms with van der Waals surface area (Å²) in [6.07, 6.45) is 1.21. The minimum Gasteiger partial charge on any atom is -0.496 e. The number of ether oxygens (including phenoxy) is 2. The van der Waals surface area contributed by atoms with Gasteiger partial charge in [0.1, 0.15) is 23.6 Å². The lowest BCUT2D eigenvalue weighted by Crippen LogP contribution is -2.07. The van der Waals surface area contributed by atoms with Crippen molar-refractivity contribution in [2.24, 2.45) is 0 Å². The van der Waals surface area contributed by atoms with E-state index in [1.165, 1.54) is 38.7 Å². The summed E-state index contributed by atoms with van der Waals surface area (Å²) in [5.74, 6) is -0.445. The van der Waals surface area contributed by atoms with Crippen LogP contribution >= 0.6 is 0 Å². The SMILES string of the molecule is COc1cc(C(=O)c2cc(F)ccc2OC)ncn1. The van der Waals surface area contributed by atoms with Gasteiger partial charge in [-0.1, -0.05) is 0 Å². The quantitative estimate of drug-likeness (QED) is 0.787. The molecule has 1 aromatic heterocycles. The maximum absolute atomic E-state index is 13.2. The van der Waals surface area contributed by atoms with E-state index in [1.54, 1.807) is 0 Å². The van der Waals surface area contributed by atoms with Crippen molar-refractivity contribution in [1.29, 1.82) is 0 Å². The molecule has 0 saturated carbocycles. The number of methoxy groups -OCH3 is 2. The van der Waals surface area contributed by atoms with Gasteiger partial charge in [-0.15, -0.1) is 0 Å². The molecule has 98 valence electrons. The number of hydrogen-bond acceptors (Lipinski definition) is 5. The number of ketones is 1. The zero-order valence-corrected chi connectivity index (χ0v) is 10.4. The summed E-state index contributed by atoms with van der Waals surface area (Å²) in [6.45, 7) is 0. The maximum atomic E-state index is 13.2. The third-order valence-electron chi connectivity index (χ3n) is 2.49. The second-order valence-corrected chi connectivity index (χ2v) is 3.62. The van der Waals surface area contributed by atoms with E-state index in [2.05, 4.69) is 9.97 Å². The summed E-state index contributed by atoms with van der Waals surface area (Å²) in [4.78, 5) is 19.9. The Morgan fingerprint density at radius 2 is 1.95 bits per heavy atom. The molecule has 19 heavy (non-hydrogen) atoms. The lowest BCUT2D eigenvalue weighted by atomic mass is 10.1. The second-order valence-electron chi connectivity index (χ2n) is 3.62. The first-order valence-corrected chi connectivity index (χ1v) is 5.40. The van der Waals surface area contributed by atoms with Crippen LogP contribution in [0.25, 0.3) is 0 Å². The van der Waals surface area contributed by atoms with Crippen LogP contribution in [0.3, 0.4) is 0 Å². The first-order valence-electron chi connectivity index (χ1n) is 5.40. The largest absolute Gasteiger partial charge is 0.496 e. The molecule has 0 radical (unpaired) electrons. The Labute approximate surface area is 109 Å². The van der Waals surface area contributed by atoms with Gasteiger partial charge >= 0.3 is 0 Å². The first-order chi connectivity index (χ1) is 9.15. The average molecular weight is 262 g/mol. The Morgan fingerprint density at radius 1 is 1.16 bits per heavy atom. The van der Waals surface area contributed by atoms with Crippen molar-refractivity contribution in [3.8, 4) is 11.6 Å². The topological polar surface area (TPSA) is 61.3 Å².